The van der Waals surface area contributed by atoms with Crippen LogP contribution in [0.25, 0.3) is 0 Å². The third kappa shape index (κ3) is 22.8. The molecule has 0 bridgehead atoms. The fourth-order valence-electron chi connectivity index (χ4n) is 5.37. The van der Waals surface area contributed by atoms with Crippen molar-refractivity contribution in [3.05, 3.63) is 73.7 Å². The molecule has 0 aromatic rings. The molecule has 0 aliphatic heterocycles. The van der Waals surface area contributed by atoms with Crippen LogP contribution < -0.4 is 0 Å². The highest BCUT2D eigenvalue weighted by molar-refractivity contribution is 5.94. The number of unbranched alkanes of at least 4 members (excludes halogenated alkanes) is 6. The highest BCUT2D eigenvalue weighted by Crippen LogP contribution is 2.19. The maximum atomic E-state index is 13.3. The maximum Gasteiger partial charge on any atom is 0.354 e. The highest BCUT2D eigenvalue weighted by Gasteiger charge is 2.29. The minimum Gasteiger partial charge on any atom is -0.461 e. The molecule has 0 atom stereocenters. The molecule has 16 heteroatoms. The first-order valence-corrected chi connectivity index (χ1v) is 22.8. The van der Waals surface area contributed by atoms with E-state index in [2.05, 4.69) is 39.5 Å². The zero-order valence-corrected chi connectivity index (χ0v) is 39.9. The number of rotatable bonds is 39. The van der Waals surface area contributed by atoms with Crippen LogP contribution in [0.4, 0.5) is 0 Å². The number of carbonyl (C=O) groups is 6. The summed E-state index contributed by atoms with van der Waals surface area (Å²) < 4.78 is 32.6. The van der Waals surface area contributed by atoms with Crippen molar-refractivity contribution >= 4 is 35.8 Å². The third-order valence-electron chi connectivity index (χ3n) is 9.67. The second kappa shape index (κ2) is 35.0. The van der Waals surface area contributed by atoms with E-state index in [0.717, 1.165) is 38.5 Å². The van der Waals surface area contributed by atoms with Gasteiger partial charge in [-0.25, -0.2) is 28.8 Å². The van der Waals surface area contributed by atoms with Crippen molar-refractivity contribution in [1.82, 2.24) is 19.6 Å². The zero-order valence-electron chi connectivity index (χ0n) is 39.9. The molecular formula is C48H78N4O12. The Kier molecular flexibility index (Phi) is 32.1. The summed E-state index contributed by atoms with van der Waals surface area (Å²) >= 11 is 0. The second-order valence-corrected chi connectivity index (χ2v) is 14.9. The normalized spacial score (nSPS) is 10.5. The van der Waals surface area contributed by atoms with Gasteiger partial charge in [0.15, 0.2) is 0 Å². The van der Waals surface area contributed by atoms with Crippen molar-refractivity contribution in [3.63, 3.8) is 0 Å². The number of carbonyl (C=O) groups excluding carboxylic acids is 6. The molecule has 0 unspecified atom stereocenters. The van der Waals surface area contributed by atoms with E-state index in [-0.39, 0.29) is 113 Å². The fraction of sp³-hybridized carbons (Fsp3) is 0.625. The van der Waals surface area contributed by atoms with E-state index in [1.807, 2.05) is 46.4 Å². The average molecular weight is 903 g/mol. The van der Waals surface area contributed by atoms with E-state index in [0.29, 0.717) is 38.5 Å². The van der Waals surface area contributed by atoms with Gasteiger partial charge in [-0.15, -0.1) is 0 Å². The van der Waals surface area contributed by atoms with Crippen LogP contribution in [0.5, 0.6) is 0 Å². The lowest BCUT2D eigenvalue weighted by atomic mass is 10.2. The quantitative estimate of drug-likeness (QED) is 0.0260. The molecular weight excluding hydrogens is 825 g/mol. The fourth-order valence-corrected chi connectivity index (χ4v) is 5.37. The lowest BCUT2D eigenvalue weighted by Gasteiger charge is -2.34. The largest absolute Gasteiger partial charge is 0.461 e. The Labute approximate surface area is 382 Å². The summed E-state index contributed by atoms with van der Waals surface area (Å²) in [5, 5.41) is 0. The van der Waals surface area contributed by atoms with Crippen LogP contribution in [0, 0.1) is 0 Å². The molecule has 362 valence electrons. The van der Waals surface area contributed by atoms with E-state index < -0.39 is 35.8 Å². The van der Waals surface area contributed by atoms with Crippen LogP contribution in [0.15, 0.2) is 73.7 Å². The number of nitrogens with zero attached hydrogens (tertiary/aromatic N) is 4. The molecule has 0 radical (unpaired) electrons. The van der Waals surface area contributed by atoms with Gasteiger partial charge >= 0.3 is 35.8 Å². The summed E-state index contributed by atoms with van der Waals surface area (Å²) in [7, 11) is 0. The van der Waals surface area contributed by atoms with Crippen LogP contribution in [0.2, 0.25) is 0 Å². The Morgan fingerprint density at radius 1 is 0.297 bits per heavy atom. The molecule has 0 aromatic heterocycles. The summed E-state index contributed by atoms with van der Waals surface area (Å²) in [6.07, 6.45) is 8.36. The van der Waals surface area contributed by atoms with Crippen LogP contribution in [0.1, 0.15) is 119 Å². The van der Waals surface area contributed by atoms with E-state index in [9.17, 15) is 28.8 Å². The Balaban J connectivity index is 7.19. The third-order valence-corrected chi connectivity index (χ3v) is 9.67. The minimum absolute atomic E-state index is 0.0614. The second-order valence-electron chi connectivity index (χ2n) is 14.9. The molecule has 0 aliphatic carbocycles. The molecule has 0 aliphatic rings. The monoisotopic (exact) mass is 903 g/mol. The maximum absolute atomic E-state index is 13.3. The standard InChI is InChI=1S/C48H78N4O12/c1-13-19-31-59-43(53)37(7)50(38(8)44(54)60-32-20-14-2)28-25-49(26-29-51(39(9)45(55)61-33-21-15-3)40(10)46(56)62-34-22-16-4)27-30-52(41(11)47(57)63-35-23-17-5)42(12)48(58)64-36-24-18-6/h7-36H2,1-6H3. The van der Waals surface area contributed by atoms with Crippen molar-refractivity contribution in [2.24, 2.45) is 0 Å². The predicted molar refractivity (Wildman–Crippen MR) is 247 cm³/mol. The summed E-state index contributed by atoms with van der Waals surface area (Å²) in [6, 6.07) is 0. The van der Waals surface area contributed by atoms with Crippen molar-refractivity contribution < 1.29 is 57.2 Å². The Bertz CT molecular complexity index is 1290. The van der Waals surface area contributed by atoms with Crippen LogP contribution in [0.3, 0.4) is 0 Å². The van der Waals surface area contributed by atoms with Gasteiger partial charge in [0.05, 0.1) is 39.6 Å². The zero-order chi connectivity index (χ0) is 48.5. The minimum atomic E-state index is -0.758. The lowest BCUT2D eigenvalue weighted by molar-refractivity contribution is -0.144. The highest BCUT2D eigenvalue weighted by atomic mass is 16.6. The SMILES string of the molecule is C=C(C(=O)OCCCC)N(CCN(CCN(C(=C)C(=O)OCCCC)C(=C)C(=O)OCCCC)CCN(C(=C)C(=O)OCCCC)C(=C)C(=O)OCCCC)C(=C)C(=O)OCCCC. The van der Waals surface area contributed by atoms with Crippen LogP contribution in [-0.2, 0) is 57.2 Å². The van der Waals surface area contributed by atoms with E-state index in [4.69, 9.17) is 28.4 Å². The summed E-state index contributed by atoms with van der Waals surface area (Å²) in [5.41, 5.74) is -0.947. The Hall–Kier alpha value is -5.38. The molecule has 0 aromatic carbocycles. The molecule has 0 N–H and O–H groups in total. The van der Waals surface area contributed by atoms with Gasteiger partial charge in [-0.2, -0.15) is 0 Å². The number of hydrogen-bond acceptors (Lipinski definition) is 16. The van der Waals surface area contributed by atoms with Crippen LogP contribution >= 0.6 is 0 Å². The van der Waals surface area contributed by atoms with Crippen molar-refractivity contribution in [1.29, 1.82) is 0 Å². The van der Waals surface area contributed by atoms with Crippen LogP contribution in [-0.4, -0.2) is 134 Å². The molecule has 64 heavy (non-hydrogen) atoms. The Morgan fingerprint density at radius 3 is 0.594 bits per heavy atom. The van der Waals surface area contributed by atoms with E-state index in [1.54, 1.807) is 0 Å². The smallest absolute Gasteiger partial charge is 0.354 e. The topological polar surface area (TPSA) is 171 Å². The first kappa shape index (κ1) is 58.6. The molecule has 0 amide bonds. The number of ether oxygens (including phenoxy) is 6. The summed E-state index contributed by atoms with van der Waals surface area (Å²) in [6.45, 7) is 36.2. The summed E-state index contributed by atoms with van der Waals surface area (Å²) in [4.78, 5) is 85.3. The molecule has 0 saturated carbocycles. The number of hydrogen-bond donors (Lipinski definition) is 0. The first-order valence-electron chi connectivity index (χ1n) is 22.8. The predicted octanol–water partition coefficient (Wildman–Crippen LogP) is 7.34. The summed E-state index contributed by atoms with van der Waals surface area (Å²) in [5.74, 6) is -4.55. The number of esters is 6. The molecule has 0 saturated heterocycles. The van der Waals surface area contributed by atoms with Gasteiger partial charge in [-0.05, 0) is 38.5 Å². The van der Waals surface area contributed by atoms with Crippen molar-refractivity contribution in [2.75, 3.05) is 78.9 Å². The van der Waals surface area contributed by atoms with Crippen molar-refractivity contribution in [3.8, 4) is 0 Å². The lowest BCUT2D eigenvalue weighted by Crippen LogP contribution is -2.45. The van der Waals surface area contributed by atoms with Gasteiger partial charge in [0.2, 0.25) is 0 Å². The van der Waals surface area contributed by atoms with Gasteiger partial charge in [-0.3, -0.25) is 4.90 Å². The van der Waals surface area contributed by atoms with E-state index in [1.165, 1.54) is 14.7 Å². The van der Waals surface area contributed by atoms with E-state index >= 15 is 0 Å². The van der Waals surface area contributed by atoms with Gasteiger partial charge in [-0.1, -0.05) is 120 Å². The van der Waals surface area contributed by atoms with Gasteiger partial charge in [0, 0.05) is 39.3 Å². The molecule has 16 nitrogen and oxygen atoms in total. The van der Waals surface area contributed by atoms with Crippen molar-refractivity contribution in [2.45, 2.75) is 119 Å². The Morgan fingerprint density at radius 2 is 0.453 bits per heavy atom. The van der Waals surface area contributed by atoms with Gasteiger partial charge in [0.1, 0.15) is 34.2 Å². The molecule has 0 rings (SSSR count). The molecule has 0 heterocycles. The molecule has 0 spiro atoms. The van der Waals surface area contributed by atoms with Gasteiger partial charge in [0.25, 0.3) is 0 Å². The molecule has 0 fully saturated rings. The average Bonchev–Trinajstić information content (AvgIpc) is 3.28. The van der Waals surface area contributed by atoms with Gasteiger partial charge < -0.3 is 43.1 Å². The first-order chi connectivity index (χ1) is 30.6.